The third-order valence-corrected chi connectivity index (χ3v) is 3.17. The number of hydrogen-bond donors (Lipinski definition) is 1. The Morgan fingerprint density at radius 3 is 2.41 bits per heavy atom. The van der Waals surface area contributed by atoms with Crippen LogP contribution < -0.4 is 0 Å². The van der Waals surface area contributed by atoms with Gasteiger partial charge in [-0.25, -0.2) is 0 Å². The molecule has 1 atom stereocenters. The zero-order chi connectivity index (χ0) is 15.6. The Morgan fingerprint density at radius 1 is 1.00 bits per heavy atom. The van der Waals surface area contributed by atoms with Gasteiger partial charge < -0.3 is 0 Å². The summed E-state index contributed by atoms with van der Waals surface area (Å²) in [5.74, 6) is -0.715. The predicted octanol–water partition coefficient (Wildman–Crippen LogP) is 2.79. The molecule has 0 bridgehead atoms. The van der Waals surface area contributed by atoms with Gasteiger partial charge in [-0.2, -0.15) is 18.4 Å². The van der Waals surface area contributed by atoms with Crippen molar-refractivity contribution in [3.8, 4) is 0 Å². The van der Waals surface area contributed by atoms with E-state index in [0.717, 1.165) is 6.07 Å². The number of aromatic nitrogens is 5. The molecule has 2 aromatic heterocycles. The van der Waals surface area contributed by atoms with Crippen LogP contribution >= 0.6 is 0 Å². The first-order valence-corrected chi connectivity index (χ1v) is 6.38. The number of nitrogens with zero attached hydrogens (tertiary/aromatic N) is 4. The highest BCUT2D eigenvalue weighted by Crippen LogP contribution is 2.37. The van der Waals surface area contributed by atoms with Gasteiger partial charge in [0.2, 0.25) is 0 Å². The maximum Gasteiger partial charge on any atom is 0.418 e. The number of hydrogen-bond acceptors (Lipinski definition) is 4. The van der Waals surface area contributed by atoms with Crippen molar-refractivity contribution in [2.24, 2.45) is 0 Å². The van der Waals surface area contributed by atoms with Gasteiger partial charge in [0.15, 0.2) is 5.82 Å². The Bertz CT molecular complexity index is 741. The molecule has 2 heterocycles. The number of nitrogens with one attached hydrogen (secondary N) is 1. The summed E-state index contributed by atoms with van der Waals surface area (Å²) in [5.41, 5.74) is -0.357. The van der Waals surface area contributed by atoms with Crippen LogP contribution in [0.15, 0.2) is 48.7 Å². The Morgan fingerprint density at radius 2 is 1.77 bits per heavy atom. The quantitative estimate of drug-likeness (QED) is 0.808. The summed E-state index contributed by atoms with van der Waals surface area (Å²) in [6.45, 7) is 0. The van der Waals surface area contributed by atoms with Crippen LogP contribution in [0.4, 0.5) is 13.2 Å². The summed E-state index contributed by atoms with van der Waals surface area (Å²) < 4.78 is 39.8. The van der Waals surface area contributed by atoms with Crippen LogP contribution in [-0.4, -0.2) is 25.6 Å². The molecule has 1 aromatic carbocycles. The summed E-state index contributed by atoms with van der Waals surface area (Å²) in [7, 11) is 0. The lowest BCUT2D eigenvalue weighted by Gasteiger charge is -2.18. The smallest absolute Gasteiger partial charge is 0.260 e. The van der Waals surface area contributed by atoms with E-state index in [4.69, 9.17) is 0 Å². The number of aromatic amines is 1. The Labute approximate surface area is 123 Å². The summed E-state index contributed by atoms with van der Waals surface area (Å²) in [5, 5.41) is 13.4. The van der Waals surface area contributed by atoms with Crippen molar-refractivity contribution in [2.75, 3.05) is 0 Å². The van der Waals surface area contributed by atoms with Crippen LogP contribution in [0.25, 0.3) is 0 Å². The molecule has 0 fully saturated rings. The lowest BCUT2D eigenvalue weighted by Crippen LogP contribution is -2.16. The SMILES string of the molecule is FC(F)(F)c1cccnc1[C@H](c1ccccc1)c1nn[nH]n1. The van der Waals surface area contributed by atoms with Crippen LogP contribution in [0.3, 0.4) is 0 Å². The molecule has 0 spiro atoms. The minimum atomic E-state index is -4.51. The third kappa shape index (κ3) is 2.67. The van der Waals surface area contributed by atoms with E-state index in [2.05, 4.69) is 25.6 Å². The van der Waals surface area contributed by atoms with E-state index in [1.54, 1.807) is 30.3 Å². The predicted molar refractivity (Wildman–Crippen MR) is 70.8 cm³/mol. The molecule has 0 aliphatic carbocycles. The van der Waals surface area contributed by atoms with Gasteiger partial charge in [0, 0.05) is 6.20 Å². The molecular weight excluding hydrogens is 295 g/mol. The number of rotatable bonds is 3. The second kappa shape index (κ2) is 5.55. The van der Waals surface area contributed by atoms with E-state index < -0.39 is 17.7 Å². The van der Waals surface area contributed by atoms with Crippen molar-refractivity contribution in [3.05, 3.63) is 71.3 Å². The number of tetrazole rings is 1. The fraction of sp³-hybridized carbons (Fsp3) is 0.143. The Kier molecular flexibility index (Phi) is 3.58. The average molecular weight is 305 g/mol. The van der Waals surface area contributed by atoms with Crippen molar-refractivity contribution in [3.63, 3.8) is 0 Å². The minimum absolute atomic E-state index is 0.135. The molecule has 22 heavy (non-hydrogen) atoms. The highest BCUT2D eigenvalue weighted by atomic mass is 19.4. The Balaban J connectivity index is 2.21. The fourth-order valence-corrected chi connectivity index (χ4v) is 2.25. The second-order valence-electron chi connectivity index (χ2n) is 4.55. The standard InChI is InChI=1S/C14H10F3N5/c15-14(16,17)10-7-4-8-18-12(10)11(13-19-21-22-20-13)9-5-2-1-3-6-9/h1-8,11H,(H,19,20,21,22)/t11-/m0/s1. The lowest BCUT2D eigenvalue weighted by atomic mass is 9.91. The van der Waals surface area contributed by atoms with Crippen molar-refractivity contribution in [1.82, 2.24) is 25.6 Å². The highest BCUT2D eigenvalue weighted by molar-refractivity contribution is 5.39. The fourth-order valence-electron chi connectivity index (χ4n) is 2.25. The summed E-state index contributed by atoms with van der Waals surface area (Å²) in [6, 6.07) is 10.9. The highest BCUT2D eigenvalue weighted by Gasteiger charge is 2.37. The van der Waals surface area contributed by atoms with Gasteiger partial charge in [-0.1, -0.05) is 35.5 Å². The van der Waals surface area contributed by atoms with Gasteiger partial charge in [-0.3, -0.25) is 4.98 Å². The largest absolute Gasteiger partial charge is 0.418 e. The van der Waals surface area contributed by atoms with E-state index in [1.165, 1.54) is 12.3 Å². The van der Waals surface area contributed by atoms with E-state index in [-0.39, 0.29) is 11.5 Å². The third-order valence-electron chi connectivity index (χ3n) is 3.17. The number of alkyl halides is 3. The minimum Gasteiger partial charge on any atom is -0.260 e. The molecule has 1 N–H and O–H groups in total. The molecule has 3 rings (SSSR count). The van der Waals surface area contributed by atoms with Crippen molar-refractivity contribution in [2.45, 2.75) is 12.1 Å². The van der Waals surface area contributed by atoms with Gasteiger partial charge in [0.1, 0.15) is 0 Å². The van der Waals surface area contributed by atoms with Crippen LogP contribution in [0.5, 0.6) is 0 Å². The van der Waals surface area contributed by atoms with Crippen molar-refractivity contribution in [1.29, 1.82) is 0 Å². The first kappa shape index (κ1) is 14.2. The average Bonchev–Trinajstić information content (AvgIpc) is 3.02. The monoisotopic (exact) mass is 305 g/mol. The van der Waals surface area contributed by atoms with Crippen LogP contribution in [0.1, 0.15) is 28.6 Å². The van der Waals surface area contributed by atoms with Crippen LogP contribution in [0.2, 0.25) is 0 Å². The lowest BCUT2D eigenvalue weighted by molar-refractivity contribution is -0.138. The van der Waals surface area contributed by atoms with Gasteiger partial charge in [-0.15, -0.1) is 10.2 Å². The van der Waals surface area contributed by atoms with Crippen LogP contribution in [0, 0.1) is 0 Å². The first-order chi connectivity index (χ1) is 10.6. The first-order valence-electron chi connectivity index (χ1n) is 6.38. The molecule has 5 nitrogen and oxygen atoms in total. The van der Waals surface area contributed by atoms with Gasteiger partial charge in [0.25, 0.3) is 0 Å². The number of benzene rings is 1. The normalized spacial score (nSPS) is 13.0. The van der Waals surface area contributed by atoms with Crippen molar-refractivity contribution < 1.29 is 13.2 Å². The summed E-state index contributed by atoms with van der Waals surface area (Å²) in [6.07, 6.45) is -3.19. The van der Waals surface area contributed by atoms with Crippen LogP contribution in [-0.2, 0) is 6.18 Å². The van der Waals surface area contributed by atoms with E-state index >= 15 is 0 Å². The maximum atomic E-state index is 13.3. The zero-order valence-electron chi connectivity index (χ0n) is 11.1. The molecule has 0 saturated heterocycles. The van der Waals surface area contributed by atoms with E-state index in [1.807, 2.05) is 0 Å². The molecule has 112 valence electrons. The molecule has 3 aromatic rings. The van der Waals surface area contributed by atoms with Gasteiger partial charge >= 0.3 is 6.18 Å². The summed E-state index contributed by atoms with van der Waals surface area (Å²) in [4.78, 5) is 3.94. The number of H-pyrrole nitrogens is 1. The molecule has 0 radical (unpaired) electrons. The molecule has 0 amide bonds. The molecule has 0 aliphatic heterocycles. The van der Waals surface area contributed by atoms with Gasteiger partial charge in [-0.05, 0) is 17.7 Å². The Hall–Kier alpha value is -2.77. The molecule has 8 heteroatoms. The zero-order valence-corrected chi connectivity index (χ0v) is 11.1. The van der Waals surface area contributed by atoms with Gasteiger partial charge in [0.05, 0.1) is 17.2 Å². The van der Waals surface area contributed by atoms with Crippen molar-refractivity contribution >= 4 is 0 Å². The molecule has 0 aliphatic rings. The van der Waals surface area contributed by atoms with E-state index in [9.17, 15) is 13.2 Å². The summed E-state index contributed by atoms with van der Waals surface area (Å²) >= 11 is 0. The molecule has 0 unspecified atom stereocenters. The van der Waals surface area contributed by atoms with E-state index in [0.29, 0.717) is 5.56 Å². The molecule has 0 saturated carbocycles. The molecular formula is C14H10F3N5. The second-order valence-corrected chi connectivity index (χ2v) is 4.55. The number of halogens is 3. The topological polar surface area (TPSA) is 67.3 Å². The number of pyridine rings is 1. The maximum absolute atomic E-state index is 13.3.